The summed E-state index contributed by atoms with van der Waals surface area (Å²) in [6.07, 6.45) is 4.75. The van der Waals surface area contributed by atoms with Gasteiger partial charge in [0.1, 0.15) is 11.7 Å². The number of hydrogen-bond donors (Lipinski definition) is 1. The van der Waals surface area contributed by atoms with Crippen LogP contribution in [0.2, 0.25) is 0 Å². The maximum atomic E-state index is 12.8. The molecule has 2 saturated heterocycles. The highest BCUT2D eigenvalue weighted by Gasteiger charge is 2.78. The molecule has 4 aliphatic rings. The Morgan fingerprint density at radius 1 is 1.23 bits per heavy atom. The predicted octanol–water partition coefficient (Wildman–Crippen LogP) is 3.32. The van der Waals surface area contributed by atoms with E-state index < -0.39 is 0 Å². The molecule has 5 rings (SSSR count). The lowest BCUT2D eigenvalue weighted by Gasteiger charge is -2.48. The van der Waals surface area contributed by atoms with E-state index in [4.69, 9.17) is 18.9 Å². The molecule has 7 atom stereocenters. The van der Waals surface area contributed by atoms with Crippen molar-refractivity contribution < 1.29 is 23.7 Å². The Hall–Kier alpha value is -1.79. The summed E-state index contributed by atoms with van der Waals surface area (Å²) in [5.74, 6) is 1.95. The Morgan fingerprint density at radius 2 is 2.03 bits per heavy atom. The maximum Gasteiger partial charge on any atom is 0.311 e. The van der Waals surface area contributed by atoms with Crippen LogP contribution in [-0.2, 0) is 20.8 Å². The second-order valence-electron chi connectivity index (χ2n) is 9.87. The summed E-state index contributed by atoms with van der Waals surface area (Å²) < 4.78 is 23.1. The van der Waals surface area contributed by atoms with E-state index in [1.54, 1.807) is 14.2 Å². The zero-order chi connectivity index (χ0) is 21.1. The van der Waals surface area contributed by atoms with E-state index in [0.29, 0.717) is 30.5 Å². The van der Waals surface area contributed by atoms with Crippen LogP contribution < -0.4 is 14.8 Å². The molecule has 30 heavy (non-hydrogen) atoms. The van der Waals surface area contributed by atoms with Crippen molar-refractivity contribution in [3.63, 3.8) is 0 Å². The number of hydrogen-bond acceptors (Lipinski definition) is 6. The number of esters is 1. The van der Waals surface area contributed by atoms with E-state index in [-0.39, 0.29) is 41.0 Å². The van der Waals surface area contributed by atoms with Crippen LogP contribution in [-0.4, -0.2) is 44.5 Å². The Kier molecular flexibility index (Phi) is 4.78. The molecule has 1 aromatic rings. The topological polar surface area (TPSA) is 69.3 Å². The van der Waals surface area contributed by atoms with Crippen molar-refractivity contribution in [2.75, 3.05) is 20.8 Å². The van der Waals surface area contributed by atoms with Crippen LogP contribution in [0, 0.1) is 23.2 Å². The number of rotatable bonds is 6. The Bertz CT molecular complexity index is 843. The fourth-order valence-corrected chi connectivity index (χ4v) is 6.83. The van der Waals surface area contributed by atoms with E-state index in [1.165, 1.54) is 19.3 Å². The number of ether oxygens (including phenoxy) is 4. The van der Waals surface area contributed by atoms with E-state index in [9.17, 15) is 4.79 Å². The molecule has 6 heteroatoms. The number of fused-ring (bicyclic) bond motifs is 2. The van der Waals surface area contributed by atoms with Crippen molar-refractivity contribution in [1.29, 1.82) is 0 Å². The monoisotopic (exact) mass is 415 g/mol. The summed E-state index contributed by atoms with van der Waals surface area (Å²) in [7, 11) is 3.27. The summed E-state index contributed by atoms with van der Waals surface area (Å²) in [6, 6.07) is 5.89. The molecule has 0 amide bonds. The minimum atomic E-state index is -0.141. The Morgan fingerprint density at radius 3 is 2.80 bits per heavy atom. The van der Waals surface area contributed by atoms with Crippen LogP contribution >= 0.6 is 0 Å². The van der Waals surface area contributed by atoms with Gasteiger partial charge in [0.2, 0.25) is 0 Å². The molecule has 2 heterocycles. The first-order chi connectivity index (χ1) is 14.4. The van der Waals surface area contributed by atoms with E-state index >= 15 is 0 Å². The fraction of sp³-hybridized carbons (Fsp3) is 0.708. The number of carbonyl (C=O) groups excluding carboxylic acids is 1. The molecule has 0 bridgehead atoms. The lowest BCUT2D eigenvalue weighted by molar-refractivity contribution is -0.146. The van der Waals surface area contributed by atoms with Gasteiger partial charge in [-0.25, -0.2) is 0 Å². The molecular formula is C24H33NO5. The second-order valence-corrected chi connectivity index (χ2v) is 9.87. The van der Waals surface area contributed by atoms with Crippen molar-refractivity contribution in [3.8, 4) is 11.5 Å². The zero-order valence-corrected chi connectivity index (χ0v) is 18.4. The van der Waals surface area contributed by atoms with Gasteiger partial charge in [-0.05, 0) is 42.9 Å². The first-order valence-electron chi connectivity index (χ1n) is 11.2. The summed E-state index contributed by atoms with van der Waals surface area (Å²) in [5, 5.41) is 3.47. The van der Waals surface area contributed by atoms with Crippen molar-refractivity contribution in [1.82, 2.24) is 5.32 Å². The smallest absolute Gasteiger partial charge is 0.311 e. The molecule has 1 spiro atoms. The molecule has 2 saturated carbocycles. The molecule has 0 radical (unpaired) electrons. The molecule has 0 aromatic heterocycles. The largest absolute Gasteiger partial charge is 0.493 e. The predicted molar refractivity (Wildman–Crippen MR) is 111 cm³/mol. The van der Waals surface area contributed by atoms with Gasteiger partial charge < -0.3 is 24.3 Å². The third-order valence-electron chi connectivity index (χ3n) is 8.34. The first kappa shape index (κ1) is 20.1. The van der Waals surface area contributed by atoms with Gasteiger partial charge in [0.15, 0.2) is 11.5 Å². The van der Waals surface area contributed by atoms with Crippen LogP contribution in [0.15, 0.2) is 18.2 Å². The van der Waals surface area contributed by atoms with Gasteiger partial charge in [-0.3, -0.25) is 4.79 Å². The Balaban J connectivity index is 1.27. The first-order valence-corrected chi connectivity index (χ1v) is 11.2. The van der Waals surface area contributed by atoms with Crippen LogP contribution in [0.5, 0.6) is 11.5 Å². The lowest BCUT2D eigenvalue weighted by Crippen LogP contribution is -2.54. The average molecular weight is 416 g/mol. The Labute approximate surface area is 178 Å². The third-order valence-corrected chi connectivity index (χ3v) is 8.34. The van der Waals surface area contributed by atoms with Crippen molar-refractivity contribution in [2.24, 2.45) is 23.2 Å². The quantitative estimate of drug-likeness (QED) is 0.568. The molecule has 6 nitrogen and oxygen atoms in total. The number of nitrogens with one attached hydrogen (secondary N) is 1. The maximum absolute atomic E-state index is 12.8. The van der Waals surface area contributed by atoms with E-state index in [0.717, 1.165) is 12.0 Å². The molecule has 2 aliphatic carbocycles. The lowest BCUT2D eigenvalue weighted by atomic mass is 9.53. The van der Waals surface area contributed by atoms with Crippen LogP contribution in [0.3, 0.4) is 0 Å². The standard InChI is InChI=1S/C24H33NO5/c1-14-6-5-9-23(2)11-19-20(21-24(14,23)30-21)16(22(26)29-19)13-25-12-15-7-8-17(27-3)18(10-15)28-4/h7-8,10,14,16,19-21,25H,5-6,9,11-13H2,1-4H3/t14-,16-,19+,20+,21-,23+,24-/m0/s1. The van der Waals surface area contributed by atoms with E-state index in [1.807, 2.05) is 18.2 Å². The average Bonchev–Trinajstić information content (AvgIpc) is 3.42. The zero-order valence-electron chi connectivity index (χ0n) is 18.4. The number of methoxy groups -OCH3 is 2. The number of benzene rings is 1. The van der Waals surface area contributed by atoms with Gasteiger partial charge in [-0.15, -0.1) is 0 Å². The highest BCUT2D eigenvalue weighted by atomic mass is 16.6. The molecule has 1 aromatic carbocycles. The highest BCUT2D eigenvalue weighted by Crippen LogP contribution is 2.70. The highest BCUT2D eigenvalue weighted by molar-refractivity contribution is 5.76. The number of carbonyl (C=O) groups is 1. The SMILES string of the molecule is COc1ccc(CNC[C@@H]2C(=O)O[C@@H]3C[C@@]4(C)CCC[C@H](C)[C@@]45O[C@H]5[C@H]23)cc1OC. The van der Waals surface area contributed by atoms with Crippen LogP contribution in [0.25, 0.3) is 0 Å². The van der Waals surface area contributed by atoms with Gasteiger partial charge in [0, 0.05) is 24.4 Å². The van der Waals surface area contributed by atoms with Crippen LogP contribution in [0.1, 0.15) is 45.1 Å². The van der Waals surface area contributed by atoms with Gasteiger partial charge in [0.25, 0.3) is 0 Å². The molecule has 1 N–H and O–H groups in total. The molecule has 2 aliphatic heterocycles. The van der Waals surface area contributed by atoms with Gasteiger partial charge >= 0.3 is 5.97 Å². The van der Waals surface area contributed by atoms with Gasteiger partial charge in [-0.1, -0.05) is 26.3 Å². The molecule has 164 valence electrons. The normalized spacial score (nSPS) is 41.3. The van der Waals surface area contributed by atoms with Crippen LogP contribution in [0.4, 0.5) is 0 Å². The molecule has 4 fully saturated rings. The minimum Gasteiger partial charge on any atom is -0.493 e. The summed E-state index contributed by atoms with van der Waals surface area (Å²) >= 11 is 0. The fourth-order valence-electron chi connectivity index (χ4n) is 6.83. The minimum absolute atomic E-state index is 0.00121. The van der Waals surface area contributed by atoms with Gasteiger partial charge in [0.05, 0.1) is 26.2 Å². The van der Waals surface area contributed by atoms with Gasteiger partial charge in [-0.2, -0.15) is 0 Å². The third kappa shape index (κ3) is 2.79. The summed E-state index contributed by atoms with van der Waals surface area (Å²) in [4.78, 5) is 12.8. The number of epoxide rings is 1. The van der Waals surface area contributed by atoms with Crippen molar-refractivity contribution in [2.45, 2.75) is 63.9 Å². The van der Waals surface area contributed by atoms with Crippen molar-refractivity contribution in [3.05, 3.63) is 23.8 Å². The molecule has 0 unspecified atom stereocenters. The molecular weight excluding hydrogens is 382 g/mol. The van der Waals surface area contributed by atoms with E-state index in [2.05, 4.69) is 19.2 Å². The summed E-state index contributed by atoms with van der Waals surface area (Å²) in [6.45, 7) is 5.96. The second kappa shape index (κ2) is 7.13. The summed E-state index contributed by atoms with van der Waals surface area (Å²) in [5.41, 5.74) is 1.19. The van der Waals surface area contributed by atoms with Crippen molar-refractivity contribution >= 4 is 5.97 Å².